The largest absolute Gasteiger partial charge is 0.329 e. The highest BCUT2D eigenvalue weighted by atomic mass is 79.9. The molecule has 1 aromatic rings. The molecule has 2 N–H and O–H groups in total. The van der Waals surface area contributed by atoms with E-state index in [4.69, 9.17) is 5.73 Å². The summed E-state index contributed by atoms with van der Waals surface area (Å²) >= 11 is 3.49. The number of nitrogens with two attached hydrogens (primary N) is 1. The predicted molar refractivity (Wildman–Crippen MR) is 64.3 cm³/mol. The molecule has 1 aromatic carbocycles. The van der Waals surface area contributed by atoms with Gasteiger partial charge < -0.3 is 10.6 Å². The fraction of sp³-hybridized carbons (Fsp3) is 0.455. The Morgan fingerprint density at radius 1 is 1.43 bits per heavy atom. The molecule has 0 radical (unpaired) electrons. The molecule has 2 nitrogen and oxygen atoms in total. The SMILES string of the molecule is Cc1cc(CN(C)CCN)ccc1Br. The van der Waals surface area contributed by atoms with E-state index in [0.717, 1.165) is 13.1 Å². The van der Waals surface area contributed by atoms with Crippen LogP contribution in [-0.4, -0.2) is 25.0 Å². The molecule has 0 heterocycles. The number of hydrogen-bond donors (Lipinski definition) is 1. The quantitative estimate of drug-likeness (QED) is 0.895. The molecule has 0 saturated carbocycles. The van der Waals surface area contributed by atoms with Crippen molar-refractivity contribution >= 4 is 15.9 Å². The van der Waals surface area contributed by atoms with E-state index >= 15 is 0 Å². The van der Waals surface area contributed by atoms with E-state index in [2.05, 4.69) is 53.0 Å². The number of nitrogens with zero attached hydrogens (tertiary/aromatic N) is 1. The van der Waals surface area contributed by atoms with Gasteiger partial charge in [0.25, 0.3) is 0 Å². The summed E-state index contributed by atoms with van der Waals surface area (Å²) < 4.78 is 1.17. The summed E-state index contributed by atoms with van der Waals surface area (Å²) in [6.45, 7) is 4.73. The van der Waals surface area contributed by atoms with Crippen LogP contribution in [0.2, 0.25) is 0 Å². The summed E-state index contributed by atoms with van der Waals surface area (Å²) in [5.74, 6) is 0. The zero-order chi connectivity index (χ0) is 10.6. The molecule has 0 aliphatic rings. The standard InChI is InChI=1S/C11H17BrN2/c1-9-7-10(3-4-11(9)12)8-14(2)6-5-13/h3-4,7H,5-6,8,13H2,1-2H3. The highest BCUT2D eigenvalue weighted by Gasteiger charge is 2.00. The van der Waals surface area contributed by atoms with Gasteiger partial charge in [0.2, 0.25) is 0 Å². The Kier molecular flexibility index (Phi) is 4.58. The zero-order valence-electron chi connectivity index (χ0n) is 8.76. The van der Waals surface area contributed by atoms with Gasteiger partial charge in [-0.2, -0.15) is 0 Å². The number of benzene rings is 1. The van der Waals surface area contributed by atoms with E-state index in [0.29, 0.717) is 6.54 Å². The summed E-state index contributed by atoms with van der Waals surface area (Å²) in [6.07, 6.45) is 0. The molecule has 0 atom stereocenters. The molecule has 0 amide bonds. The minimum absolute atomic E-state index is 0.714. The lowest BCUT2D eigenvalue weighted by atomic mass is 10.1. The monoisotopic (exact) mass is 256 g/mol. The Labute approximate surface area is 94.2 Å². The molecule has 14 heavy (non-hydrogen) atoms. The number of likely N-dealkylation sites (N-methyl/N-ethyl adjacent to an activating group) is 1. The molecule has 0 bridgehead atoms. The van der Waals surface area contributed by atoms with Crippen molar-refractivity contribution in [2.45, 2.75) is 13.5 Å². The lowest BCUT2D eigenvalue weighted by molar-refractivity contribution is 0.336. The lowest BCUT2D eigenvalue weighted by Crippen LogP contribution is -2.24. The summed E-state index contributed by atoms with van der Waals surface area (Å²) in [5, 5.41) is 0. The Bertz CT molecular complexity index is 299. The fourth-order valence-corrected chi connectivity index (χ4v) is 1.66. The van der Waals surface area contributed by atoms with Crippen LogP contribution in [0, 0.1) is 6.92 Å². The Balaban J connectivity index is 2.63. The van der Waals surface area contributed by atoms with Crippen molar-refractivity contribution in [1.82, 2.24) is 4.90 Å². The van der Waals surface area contributed by atoms with E-state index in [1.807, 2.05) is 0 Å². The van der Waals surface area contributed by atoms with E-state index in [-0.39, 0.29) is 0 Å². The van der Waals surface area contributed by atoms with E-state index < -0.39 is 0 Å². The molecule has 0 fully saturated rings. The lowest BCUT2D eigenvalue weighted by Gasteiger charge is -2.15. The van der Waals surface area contributed by atoms with Crippen LogP contribution in [0.15, 0.2) is 22.7 Å². The van der Waals surface area contributed by atoms with Gasteiger partial charge in [-0.1, -0.05) is 28.1 Å². The van der Waals surface area contributed by atoms with Crippen molar-refractivity contribution in [3.63, 3.8) is 0 Å². The molecule has 0 spiro atoms. The van der Waals surface area contributed by atoms with Crippen LogP contribution in [0.4, 0.5) is 0 Å². The molecule has 0 aliphatic heterocycles. The van der Waals surface area contributed by atoms with E-state index in [1.54, 1.807) is 0 Å². The van der Waals surface area contributed by atoms with Gasteiger partial charge in [0.1, 0.15) is 0 Å². The molecular formula is C11H17BrN2. The Hall–Kier alpha value is -0.380. The topological polar surface area (TPSA) is 29.3 Å². The third-order valence-corrected chi connectivity index (χ3v) is 3.08. The van der Waals surface area contributed by atoms with Crippen molar-refractivity contribution in [2.75, 3.05) is 20.1 Å². The maximum atomic E-state index is 5.49. The normalized spacial score (nSPS) is 10.9. The third kappa shape index (κ3) is 3.40. The van der Waals surface area contributed by atoms with Gasteiger partial charge in [0.15, 0.2) is 0 Å². The summed E-state index contributed by atoms with van der Waals surface area (Å²) in [7, 11) is 2.09. The molecule has 0 unspecified atom stereocenters. The minimum Gasteiger partial charge on any atom is -0.329 e. The Morgan fingerprint density at radius 2 is 2.14 bits per heavy atom. The van der Waals surface area contributed by atoms with Crippen LogP contribution in [0.25, 0.3) is 0 Å². The molecule has 0 saturated heterocycles. The molecule has 0 aromatic heterocycles. The minimum atomic E-state index is 0.714. The second-order valence-corrected chi connectivity index (χ2v) is 4.46. The van der Waals surface area contributed by atoms with Gasteiger partial charge in [-0.05, 0) is 31.2 Å². The summed E-state index contributed by atoms with van der Waals surface area (Å²) in [5.41, 5.74) is 8.10. The van der Waals surface area contributed by atoms with Crippen molar-refractivity contribution in [1.29, 1.82) is 0 Å². The second kappa shape index (κ2) is 5.49. The number of aryl methyl sites for hydroxylation is 1. The first-order valence-corrected chi connectivity index (χ1v) is 5.56. The number of halogens is 1. The van der Waals surface area contributed by atoms with Crippen molar-refractivity contribution in [3.05, 3.63) is 33.8 Å². The van der Waals surface area contributed by atoms with Gasteiger partial charge in [0.05, 0.1) is 0 Å². The van der Waals surface area contributed by atoms with Crippen LogP contribution in [-0.2, 0) is 6.54 Å². The van der Waals surface area contributed by atoms with Gasteiger partial charge in [-0.15, -0.1) is 0 Å². The molecular weight excluding hydrogens is 240 g/mol. The van der Waals surface area contributed by atoms with Gasteiger partial charge in [0, 0.05) is 24.1 Å². The average molecular weight is 257 g/mol. The van der Waals surface area contributed by atoms with Gasteiger partial charge in [-0.3, -0.25) is 0 Å². The highest BCUT2D eigenvalue weighted by molar-refractivity contribution is 9.10. The van der Waals surface area contributed by atoms with Crippen LogP contribution in [0.1, 0.15) is 11.1 Å². The van der Waals surface area contributed by atoms with Gasteiger partial charge in [-0.25, -0.2) is 0 Å². The zero-order valence-corrected chi connectivity index (χ0v) is 10.3. The average Bonchev–Trinajstić information content (AvgIpc) is 2.12. The van der Waals surface area contributed by atoms with Crippen LogP contribution < -0.4 is 5.73 Å². The first-order chi connectivity index (χ1) is 6.63. The smallest absolute Gasteiger partial charge is 0.0231 e. The number of rotatable bonds is 4. The van der Waals surface area contributed by atoms with Crippen LogP contribution >= 0.6 is 15.9 Å². The van der Waals surface area contributed by atoms with E-state index in [9.17, 15) is 0 Å². The van der Waals surface area contributed by atoms with Crippen molar-refractivity contribution in [2.24, 2.45) is 5.73 Å². The predicted octanol–water partition coefficient (Wildman–Crippen LogP) is 2.15. The highest BCUT2D eigenvalue weighted by Crippen LogP contribution is 2.17. The van der Waals surface area contributed by atoms with Crippen LogP contribution in [0.3, 0.4) is 0 Å². The van der Waals surface area contributed by atoms with Crippen molar-refractivity contribution in [3.8, 4) is 0 Å². The first-order valence-electron chi connectivity index (χ1n) is 4.77. The Morgan fingerprint density at radius 3 is 2.71 bits per heavy atom. The number of hydrogen-bond acceptors (Lipinski definition) is 2. The summed E-state index contributed by atoms with van der Waals surface area (Å²) in [6, 6.07) is 6.45. The maximum absolute atomic E-state index is 5.49. The van der Waals surface area contributed by atoms with E-state index in [1.165, 1.54) is 15.6 Å². The molecule has 3 heteroatoms. The molecule has 78 valence electrons. The molecule has 0 aliphatic carbocycles. The summed E-state index contributed by atoms with van der Waals surface area (Å²) in [4.78, 5) is 2.22. The third-order valence-electron chi connectivity index (χ3n) is 2.19. The molecule has 1 rings (SSSR count). The van der Waals surface area contributed by atoms with Crippen molar-refractivity contribution < 1.29 is 0 Å². The fourth-order valence-electron chi connectivity index (χ4n) is 1.42. The van der Waals surface area contributed by atoms with Gasteiger partial charge >= 0.3 is 0 Å². The van der Waals surface area contributed by atoms with Crippen LogP contribution in [0.5, 0.6) is 0 Å². The maximum Gasteiger partial charge on any atom is 0.0231 e. The first kappa shape index (κ1) is 11.7. The second-order valence-electron chi connectivity index (χ2n) is 3.61.